The minimum atomic E-state index is -0.808. The molecule has 0 aliphatic carbocycles. The van der Waals surface area contributed by atoms with Gasteiger partial charge in [0, 0.05) is 18.2 Å². The SMILES string of the molecule is CCC(C)N(CC(=O)O)Cc1c(C)noc1C. The molecule has 5 nitrogen and oxygen atoms in total. The van der Waals surface area contributed by atoms with Crippen LogP contribution >= 0.6 is 0 Å². The Bertz CT molecular complexity index is 368. The maximum atomic E-state index is 10.8. The highest BCUT2D eigenvalue weighted by Gasteiger charge is 2.19. The summed E-state index contributed by atoms with van der Waals surface area (Å²) in [7, 11) is 0. The van der Waals surface area contributed by atoms with Crippen LogP contribution in [0.2, 0.25) is 0 Å². The van der Waals surface area contributed by atoms with Crippen molar-refractivity contribution >= 4 is 5.97 Å². The van der Waals surface area contributed by atoms with E-state index in [9.17, 15) is 4.79 Å². The van der Waals surface area contributed by atoms with Crippen molar-refractivity contribution in [2.75, 3.05) is 6.54 Å². The normalized spacial score (nSPS) is 13.0. The summed E-state index contributed by atoms with van der Waals surface area (Å²) in [4.78, 5) is 12.8. The van der Waals surface area contributed by atoms with Crippen LogP contribution in [0.15, 0.2) is 4.52 Å². The van der Waals surface area contributed by atoms with Gasteiger partial charge in [-0.3, -0.25) is 9.69 Å². The Balaban J connectivity index is 2.82. The molecule has 96 valence electrons. The molecule has 1 aromatic rings. The average molecular weight is 240 g/mol. The van der Waals surface area contributed by atoms with Gasteiger partial charge in [-0.1, -0.05) is 12.1 Å². The van der Waals surface area contributed by atoms with Gasteiger partial charge in [-0.2, -0.15) is 0 Å². The second-order valence-corrected chi connectivity index (χ2v) is 4.36. The van der Waals surface area contributed by atoms with Crippen molar-refractivity contribution in [2.24, 2.45) is 0 Å². The highest BCUT2D eigenvalue weighted by Crippen LogP contribution is 2.17. The predicted molar refractivity (Wildman–Crippen MR) is 63.8 cm³/mol. The molecule has 1 aromatic heterocycles. The Morgan fingerprint density at radius 3 is 2.59 bits per heavy atom. The molecule has 1 heterocycles. The van der Waals surface area contributed by atoms with Crippen molar-refractivity contribution in [3.8, 4) is 0 Å². The molecule has 0 saturated heterocycles. The van der Waals surface area contributed by atoms with E-state index in [0.717, 1.165) is 23.4 Å². The van der Waals surface area contributed by atoms with E-state index in [-0.39, 0.29) is 12.6 Å². The van der Waals surface area contributed by atoms with Gasteiger partial charge in [-0.15, -0.1) is 0 Å². The average Bonchev–Trinajstić information content (AvgIpc) is 2.58. The third-order valence-electron chi connectivity index (χ3n) is 3.09. The Kier molecular flexibility index (Phi) is 4.69. The standard InChI is InChI=1S/C12H20N2O3/c1-5-8(2)14(7-12(15)16)6-11-9(3)13-17-10(11)4/h8H,5-7H2,1-4H3,(H,15,16). The lowest BCUT2D eigenvalue weighted by atomic mass is 10.1. The van der Waals surface area contributed by atoms with Crippen LogP contribution in [0.4, 0.5) is 0 Å². The molecule has 0 aliphatic rings. The summed E-state index contributed by atoms with van der Waals surface area (Å²) in [5.41, 5.74) is 1.83. The minimum Gasteiger partial charge on any atom is -0.480 e. The first-order valence-electron chi connectivity index (χ1n) is 5.83. The van der Waals surface area contributed by atoms with Crippen LogP contribution in [0.1, 0.15) is 37.3 Å². The van der Waals surface area contributed by atoms with Gasteiger partial charge in [-0.25, -0.2) is 0 Å². The third kappa shape index (κ3) is 3.56. The van der Waals surface area contributed by atoms with E-state index in [4.69, 9.17) is 9.63 Å². The number of carbonyl (C=O) groups is 1. The van der Waals surface area contributed by atoms with Crippen LogP contribution in [-0.2, 0) is 11.3 Å². The summed E-state index contributed by atoms with van der Waals surface area (Å²) < 4.78 is 5.09. The smallest absolute Gasteiger partial charge is 0.317 e. The molecule has 0 aliphatic heterocycles. The Hall–Kier alpha value is -1.36. The van der Waals surface area contributed by atoms with E-state index in [0.29, 0.717) is 6.54 Å². The summed E-state index contributed by atoms with van der Waals surface area (Å²) in [6.45, 7) is 8.42. The topological polar surface area (TPSA) is 66.6 Å². The number of aromatic nitrogens is 1. The first-order chi connectivity index (χ1) is 7.95. The van der Waals surface area contributed by atoms with E-state index >= 15 is 0 Å². The molecule has 1 N–H and O–H groups in total. The number of hydrogen-bond acceptors (Lipinski definition) is 4. The first-order valence-corrected chi connectivity index (χ1v) is 5.83. The van der Waals surface area contributed by atoms with Gasteiger partial charge in [0.1, 0.15) is 5.76 Å². The van der Waals surface area contributed by atoms with Crippen LogP contribution in [0.5, 0.6) is 0 Å². The molecule has 1 unspecified atom stereocenters. The number of carboxylic acid groups (broad SMARTS) is 1. The Labute approximate surface area is 101 Å². The lowest BCUT2D eigenvalue weighted by Gasteiger charge is -2.26. The molecule has 0 aromatic carbocycles. The monoisotopic (exact) mass is 240 g/mol. The van der Waals surface area contributed by atoms with Crippen molar-refractivity contribution in [1.29, 1.82) is 0 Å². The Morgan fingerprint density at radius 2 is 2.18 bits per heavy atom. The summed E-state index contributed by atoms with van der Waals surface area (Å²) in [5, 5.41) is 12.8. The predicted octanol–water partition coefficient (Wildman–Crippen LogP) is 1.98. The maximum Gasteiger partial charge on any atom is 0.317 e. The zero-order chi connectivity index (χ0) is 13.0. The van der Waals surface area contributed by atoms with Crippen LogP contribution < -0.4 is 0 Å². The van der Waals surface area contributed by atoms with E-state index < -0.39 is 5.97 Å². The quantitative estimate of drug-likeness (QED) is 0.823. The minimum absolute atomic E-state index is 0.0407. The van der Waals surface area contributed by atoms with Crippen LogP contribution in [0.3, 0.4) is 0 Å². The number of rotatable bonds is 6. The van der Waals surface area contributed by atoms with Crippen molar-refractivity contribution in [2.45, 2.75) is 46.7 Å². The highest BCUT2D eigenvalue weighted by molar-refractivity contribution is 5.69. The van der Waals surface area contributed by atoms with Crippen LogP contribution in [0, 0.1) is 13.8 Å². The third-order valence-corrected chi connectivity index (χ3v) is 3.09. The van der Waals surface area contributed by atoms with Gasteiger partial charge in [0.25, 0.3) is 0 Å². The number of hydrogen-bond donors (Lipinski definition) is 1. The number of aryl methyl sites for hydroxylation is 2. The maximum absolute atomic E-state index is 10.8. The summed E-state index contributed by atoms with van der Waals surface area (Å²) in [5.74, 6) is -0.0433. The molecule has 0 amide bonds. The second-order valence-electron chi connectivity index (χ2n) is 4.36. The Morgan fingerprint density at radius 1 is 1.53 bits per heavy atom. The second kappa shape index (κ2) is 5.82. The van der Waals surface area contributed by atoms with E-state index in [2.05, 4.69) is 5.16 Å². The van der Waals surface area contributed by atoms with E-state index in [1.165, 1.54) is 0 Å². The molecule has 1 rings (SSSR count). The number of aliphatic carboxylic acids is 1. The van der Waals surface area contributed by atoms with Crippen LogP contribution in [0.25, 0.3) is 0 Å². The molecular weight excluding hydrogens is 220 g/mol. The number of carboxylic acids is 1. The summed E-state index contributed by atoms with van der Waals surface area (Å²) in [6, 6.07) is 0.222. The van der Waals surface area contributed by atoms with Gasteiger partial charge in [0.15, 0.2) is 0 Å². The molecule has 0 radical (unpaired) electrons. The number of nitrogens with zero attached hydrogens (tertiary/aromatic N) is 2. The highest BCUT2D eigenvalue weighted by atomic mass is 16.5. The molecule has 0 saturated carbocycles. The molecule has 17 heavy (non-hydrogen) atoms. The zero-order valence-electron chi connectivity index (χ0n) is 10.9. The first kappa shape index (κ1) is 13.7. The fraction of sp³-hybridized carbons (Fsp3) is 0.667. The molecule has 0 bridgehead atoms. The fourth-order valence-electron chi connectivity index (χ4n) is 1.73. The van der Waals surface area contributed by atoms with Crippen molar-refractivity contribution in [1.82, 2.24) is 10.1 Å². The van der Waals surface area contributed by atoms with E-state index in [1.54, 1.807) is 0 Å². The van der Waals surface area contributed by atoms with Gasteiger partial charge in [-0.05, 0) is 27.2 Å². The van der Waals surface area contributed by atoms with Gasteiger partial charge >= 0.3 is 5.97 Å². The molecule has 0 spiro atoms. The largest absolute Gasteiger partial charge is 0.480 e. The van der Waals surface area contributed by atoms with Crippen molar-refractivity contribution in [3.05, 3.63) is 17.0 Å². The molecule has 5 heteroatoms. The molecular formula is C12H20N2O3. The lowest BCUT2D eigenvalue weighted by molar-refractivity contribution is -0.139. The van der Waals surface area contributed by atoms with Crippen LogP contribution in [-0.4, -0.2) is 33.7 Å². The fourth-order valence-corrected chi connectivity index (χ4v) is 1.73. The molecule has 0 fully saturated rings. The summed E-state index contributed by atoms with van der Waals surface area (Å²) in [6.07, 6.45) is 0.913. The van der Waals surface area contributed by atoms with Crippen molar-refractivity contribution in [3.63, 3.8) is 0 Å². The lowest BCUT2D eigenvalue weighted by Crippen LogP contribution is -2.36. The zero-order valence-corrected chi connectivity index (χ0v) is 10.9. The van der Waals surface area contributed by atoms with Gasteiger partial charge in [0.2, 0.25) is 0 Å². The van der Waals surface area contributed by atoms with E-state index in [1.807, 2.05) is 32.6 Å². The van der Waals surface area contributed by atoms with Gasteiger partial charge < -0.3 is 9.63 Å². The molecule has 1 atom stereocenters. The van der Waals surface area contributed by atoms with Gasteiger partial charge in [0.05, 0.1) is 12.2 Å². The summed E-state index contributed by atoms with van der Waals surface area (Å²) >= 11 is 0. The van der Waals surface area contributed by atoms with Crippen molar-refractivity contribution < 1.29 is 14.4 Å².